The minimum absolute atomic E-state index is 0.116. The predicted molar refractivity (Wildman–Crippen MR) is 110 cm³/mol. The van der Waals surface area contributed by atoms with Gasteiger partial charge in [0.05, 0.1) is 24.6 Å². The third kappa shape index (κ3) is 5.63. The number of amides is 2. The molecule has 2 amide bonds. The molecule has 2 aromatic heterocycles. The number of hydrogen-bond donors (Lipinski definition) is 2. The maximum absolute atomic E-state index is 12.3. The molecule has 2 N–H and O–H groups in total. The number of aromatic nitrogens is 1. The number of nitrogens with zero attached hydrogens (tertiary/aromatic N) is 1. The van der Waals surface area contributed by atoms with Gasteiger partial charge in [-0.1, -0.05) is 35.9 Å². The summed E-state index contributed by atoms with van der Waals surface area (Å²) in [5, 5.41) is 10.5. The SMILES string of the molecule is CC(NC(=O)Cc1csc(NC(=O)Cc2cccs2)n1)c1ccccc1Cl. The molecule has 0 saturated heterocycles. The van der Waals surface area contributed by atoms with E-state index in [1.807, 2.05) is 42.6 Å². The summed E-state index contributed by atoms with van der Waals surface area (Å²) >= 11 is 9.01. The van der Waals surface area contributed by atoms with Crippen molar-refractivity contribution in [2.45, 2.75) is 25.8 Å². The number of hydrogen-bond acceptors (Lipinski definition) is 5. The second-order valence-corrected chi connectivity index (χ2v) is 8.23. The van der Waals surface area contributed by atoms with Crippen molar-refractivity contribution >= 4 is 51.2 Å². The normalized spacial score (nSPS) is 11.8. The summed E-state index contributed by atoms with van der Waals surface area (Å²) < 4.78 is 0. The smallest absolute Gasteiger partial charge is 0.231 e. The summed E-state index contributed by atoms with van der Waals surface area (Å²) in [6.45, 7) is 1.89. The van der Waals surface area contributed by atoms with Gasteiger partial charge in [-0.15, -0.1) is 22.7 Å². The molecule has 1 atom stereocenters. The Morgan fingerprint density at radius 1 is 1.11 bits per heavy atom. The monoisotopic (exact) mass is 419 g/mol. The first kappa shape index (κ1) is 19.5. The molecular weight excluding hydrogens is 402 g/mol. The molecule has 0 spiro atoms. The van der Waals surface area contributed by atoms with E-state index in [2.05, 4.69) is 15.6 Å². The van der Waals surface area contributed by atoms with Crippen LogP contribution in [0.4, 0.5) is 5.13 Å². The highest BCUT2D eigenvalue weighted by Gasteiger charge is 2.14. The van der Waals surface area contributed by atoms with Gasteiger partial charge in [0.2, 0.25) is 11.8 Å². The number of thiophene rings is 1. The summed E-state index contributed by atoms with van der Waals surface area (Å²) in [5.41, 5.74) is 1.49. The number of anilines is 1. The standard InChI is InChI=1S/C19H18ClN3O2S2/c1-12(15-6-2-3-7-16(15)20)21-17(24)9-13-11-27-19(22-13)23-18(25)10-14-5-4-8-26-14/h2-8,11-12H,9-10H2,1H3,(H,21,24)(H,22,23,25). The fraction of sp³-hybridized carbons (Fsp3) is 0.211. The molecule has 1 aromatic carbocycles. The van der Waals surface area contributed by atoms with E-state index in [0.29, 0.717) is 22.3 Å². The molecule has 1 unspecified atom stereocenters. The number of thiazole rings is 1. The van der Waals surface area contributed by atoms with Crippen LogP contribution in [0, 0.1) is 0 Å². The van der Waals surface area contributed by atoms with E-state index in [9.17, 15) is 9.59 Å². The molecule has 3 aromatic rings. The molecule has 0 fully saturated rings. The first-order valence-corrected chi connectivity index (χ1v) is 10.5. The van der Waals surface area contributed by atoms with Crippen molar-refractivity contribution in [1.82, 2.24) is 10.3 Å². The molecular formula is C19H18ClN3O2S2. The zero-order valence-corrected chi connectivity index (χ0v) is 17.0. The second kappa shape index (κ2) is 9.12. The molecule has 8 heteroatoms. The Morgan fingerprint density at radius 3 is 2.67 bits per heavy atom. The van der Waals surface area contributed by atoms with E-state index >= 15 is 0 Å². The van der Waals surface area contributed by atoms with E-state index < -0.39 is 0 Å². The average molecular weight is 420 g/mol. The molecule has 140 valence electrons. The zero-order chi connectivity index (χ0) is 19.2. The van der Waals surface area contributed by atoms with Crippen LogP contribution in [0.3, 0.4) is 0 Å². The van der Waals surface area contributed by atoms with Crippen molar-refractivity contribution in [1.29, 1.82) is 0 Å². The number of benzene rings is 1. The summed E-state index contributed by atoms with van der Waals surface area (Å²) in [6.07, 6.45) is 0.467. The Kier molecular flexibility index (Phi) is 6.60. The highest BCUT2D eigenvalue weighted by atomic mass is 35.5. The summed E-state index contributed by atoms with van der Waals surface area (Å²) in [4.78, 5) is 29.6. The van der Waals surface area contributed by atoms with E-state index in [-0.39, 0.29) is 24.3 Å². The van der Waals surface area contributed by atoms with Crippen molar-refractivity contribution < 1.29 is 9.59 Å². The minimum Gasteiger partial charge on any atom is -0.349 e. The quantitative estimate of drug-likeness (QED) is 0.594. The molecule has 0 aliphatic carbocycles. The third-order valence-corrected chi connectivity index (χ3v) is 5.83. The second-order valence-electron chi connectivity index (χ2n) is 5.94. The van der Waals surface area contributed by atoms with Crippen molar-refractivity contribution in [2.24, 2.45) is 0 Å². The first-order valence-electron chi connectivity index (χ1n) is 8.31. The Labute approximate surface area is 170 Å². The summed E-state index contributed by atoms with van der Waals surface area (Å²) in [7, 11) is 0. The largest absolute Gasteiger partial charge is 0.349 e. The van der Waals surface area contributed by atoms with Crippen LogP contribution in [0.2, 0.25) is 5.02 Å². The Bertz CT molecular complexity index is 925. The van der Waals surface area contributed by atoms with Crippen LogP contribution in [0.15, 0.2) is 47.2 Å². The molecule has 0 saturated carbocycles. The Hall–Kier alpha value is -2.22. The number of carbonyl (C=O) groups is 2. The van der Waals surface area contributed by atoms with E-state index in [0.717, 1.165) is 10.4 Å². The predicted octanol–water partition coefficient (Wildman–Crippen LogP) is 4.46. The van der Waals surface area contributed by atoms with Crippen molar-refractivity contribution in [3.63, 3.8) is 0 Å². The van der Waals surface area contributed by atoms with Gasteiger partial charge in [0.25, 0.3) is 0 Å². The van der Waals surface area contributed by atoms with Gasteiger partial charge in [0, 0.05) is 15.3 Å². The summed E-state index contributed by atoms with van der Waals surface area (Å²) in [5.74, 6) is -0.265. The average Bonchev–Trinajstić information content (AvgIpc) is 3.27. The zero-order valence-electron chi connectivity index (χ0n) is 14.6. The van der Waals surface area contributed by atoms with Gasteiger partial charge < -0.3 is 10.6 Å². The van der Waals surface area contributed by atoms with Gasteiger partial charge in [0.15, 0.2) is 5.13 Å². The van der Waals surface area contributed by atoms with Gasteiger partial charge in [-0.2, -0.15) is 0 Å². The molecule has 0 aliphatic rings. The lowest BCUT2D eigenvalue weighted by molar-refractivity contribution is -0.121. The molecule has 3 rings (SSSR count). The van der Waals surface area contributed by atoms with Crippen LogP contribution in [0.25, 0.3) is 0 Å². The van der Waals surface area contributed by atoms with E-state index in [4.69, 9.17) is 11.6 Å². The van der Waals surface area contributed by atoms with Gasteiger partial charge in [-0.25, -0.2) is 4.98 Å². The molecule has 0 aliphatic heterocycles. The van der Waals surface area contributed by atoms with Crippen LogP contribution in [-0.2, 0) is 22.4 Å². The van der Waals surface area contributed by atoms with Crippen molar-refractivity contribution in [3.8, 4) is 0 Å². The third-order valence-electron chi connectivity index (χ3n) is 3.80. The molecule has 0 radical (unpaired) electrons. The van der Waals surface area contributed by atoms with Gasteiger partial charge in [0.1, 0.15) is 0 Å². The van der Waals surface area contributed by atoms with Crippen LogP contribution in [0.5, 0.6) is 0 Å². The molecule has 27 heavy (non-hydrogen) atoms. The maximum atomic E-state index is 12.3. The van der Waals surface area contributed by atoms with Crippen LogP contribution in [-0.4, -0.2) is 16.8 Å². The minimum atomic E-state index is -0.199. The highest BCUT2D eigenvalue weighted by molar-refractivity contribution is 7.14. The van der Waals surface area contributed by atoms with Crippen molar-refractivity contribution in [2.75, 3.05) is 5.32 Å². The molecule has 5 nitrogen and oxygen atoms in total. The number of carbonyl (C=O) groups excluding carboxylic acids is 2. The van der Waals surface area contributed by atoms with E-state index in [1.54, 1.807) is 22.8 Å². The molecule has 0 bridgehead atoms. The van der Waals surface area contributed by atoms with Crippen molar-refractivity contribution in [3.05, 3.63) is 68.3 Å². The van der Waals surface area contributed by atoms with Gasteiger partial charge >= 0.3 is 0 Å². The topological polar surface area (TPSA) is 71.1 Å². The number of rotatable bonds is 7. The van der Waals surface area contributed by atoms with Crippen LogP contribution >= 0.6 is 34.3 Å². The Morgan fingerprint density at radius 2 is 1.93 bits per heavy atom. The lowest BCUT2D eigenvalue weighted by Crippen LogP contribution is -2.28. The highest BCUT2D eigenvalue weighted by Crippen LogP contribution is 2.22. The molecule has 2 heterocycles. The van der Waals surface area contributed by atoms with E-state index in [1.165, 1.54) is 11.3 Å². The Balaban J connectivity index is 1.51. The number of halogens is 1. The first-order chi connectivity index (χ1) is 13.0. The van der Waals surface area contributed by atoms with Gasteiger partial charge in [-0.3, -0.25) is 9.59 Å². The lowest BCUT2D eigenvalue weighted by atomic mass is 10.1. The van der Waals surface area contributed by atoms with Crippen LogP contribution in [0.1, 0.15) is 29.1 Å². The lowest BCUT2D eigenvalue weighted by Gasteiger charge is -2.15. The summed E-state index contributed by atoms with van der Waals surface area (Å²) in [6, 6.07) is 11.1. The van der Waals surface area contributed by atoms with Gasteiger partial charge in [-0.05, 0) is 30.0 Å². The fourth-order valence-corrected chi connectivity index (χ4v) is 4.27. The number of nitrogens with one attached hydrogen (secondary N) is 2. The fourth-order valence-electron chi connectivity index (χ4n) is 2.54. The maximum Gasteiger partial charge on any atom is 0.231 e. The van der Waals surface area contributed by atoms with Crippen LogP contribution < -0.4 is 10.6 Å².